The van der Waals surface area contributed by atoms with E-state index in [0.29, 0.717) is 12.8 Å². The van der Waals surface area contributed by atoms with Crippen molar-refractivity contribution < 1.29 is 30.7 Å². The first-order valence-corrected chi connectivity index (χ1v) is 5.94. The van der Waals surface area contributed by atoms with Gasteiger partial charge in [-0.05, 0) is 26.3 Å². The number of rotatable bonds is 4. The van der Waals surface area contributed by atoms with Crippen LogP contribution in [0.1, 0.15) is 32.6 Å². The highest BCUT2D eigenvalue weighted by Gasteiger charge is 2.50. The van der Waals surface area contributed by atoms with Crippen LogP contribution in [-0.4, -0.2) is 42.1 Å². The maximum absolute atomic E-state index is 13.1. The highest BCUT2D eigenvalue weighted by molar-refractivity contribution is 4.95. The van der Waals surface area contributed by atoms with Crippen LogP contribution in [0.5, 0.6) is 0 Å². The van der Waals surface area contributed by atoms with Crippen LogP contribution >= 0.6 is 0 Å². The normalized spacial score (nSPS) is 27.0. The average Bonchev–Trinajstić information content (AvgIpc) is 2.18. The minimum Gasteiger partial charge on any atom is -0.289 e. The molecule has 1 nitrogen and oxygen atoms in total. The zero-order valence-electron chi connectivity index (χ0n) is 10.4. The standard InChI is InChI=1S/C11H16F7N/c1-9(6-10(14,15)8(12)13)4-2-3-5-19(9)7-11(16,17)18/h8H,2-7H2,1H3. The molecule has 114 valence electrons. The van der Waals surface area contributed by atoms with E-state index >= 15 is 0 Å². The fraction of sp³-hybridized carbons (Fsp3) is 1.00. The van der Waals surface area contributed by atoms with Gasteiger partial charge in [-0.15, -0.1) is 0 Å². The van der Waals surface area contributed by atoms with Crippen molar-refractivity contribution in [1.82, 2.24) is 4.90 Å². The topological polar surface area (TPSA) is 3.24 Å². The molecule has 0 aliphatic carbocycles. The molecule has 1 rings (SSSR count). The third kappa shape index (κ3) is 4.50. The minimum atomic E-state index is -4.53. The molecule has 8 heteroatoms. The second-order valence-electron chi connectivity index (χ2n) is 5.23. The van der Waals surface area contributed by atoms with Crippen molar-refractivity contribution >= 4 is 0 Å². The summed E-state index contributed by atoms with van der Waals surface area (Å²) in [5, 5.41) is 0. The molecule has 1 aliphatic heterocycles. The Balaban J connectivity index is 2.84. The first kappa shape index (κ1) is 16.5. The lowest BCUT2D eigenvalue weighted by atomic mass is 9.83. The van der Waals surface area contributed by atoms with Gasteiger partial charge in [0.25, 0.3) is 0 Å². The third-order valence-electron chi connectivity index (χ3n) is 3.46. The van der Waals surface area contributed by atoms with E-state index in [0.717, 1.165) is 4.90 Å². The molecule has 0 saturated carbocycles. The Kier molecular flexibility index (Phi) is 4.75. The predicted octanol–water partition coefficient (Wildman–Crippen LogP) is 4.08. The van der Waals surface area contributed by atoms with E-state index in [2.05, 4.69) is 0 Å². The highest BCUT2D eigenvalue weighted by atomic mass is 19.4. The third-order valence-corrected chi connectivity index (χ3v) is 3.46. The largest absolute Gasteiger partial charge is 0.401 e. The van der Waals surface area contributed by atoms with Crippen LogP contribution in [0.2, 0.25) is 0 Å². The van der Waals surface area contributed by atoms with Crippen LogP contribution in [0, 0.1) is 0 Å². The number of piperidine rings is 1. The van der Waals surface area contributed by atoms with Gasteiger partial charge in [-0.2, -0.15) is 13.2 Å². The molecule has 1 atom stereocenters. The lowest BCUT2D eigenvalue weighted by Crippen LogP contribution is -2.56. The summed E-state index contributed by atoms with van der Waals surface area (Å²) in [5.74, 6) is -4.27. The Hall–Kier alpha value is -0.530. The first-order valence-electron chi connectivity index (χ1n) is 5.94. The summed E-state index contributed by atoms with van der Waals surface area (Å²) in [4.78, 5) is 0.854. The Labute approximate surface area is 106 Å². The quantitative estimate of drug-likeness (QED) is 0.706. The maximum Gasteiger partial charge on any atom is 0.401 e. The van der Waals surface area contributed by atoms with E-state index in [9.17, 15) is 30.7 Å². The van der Waals surface area contributed by atoms with Crippen LogP contribution in [0.3, 0.4) is 0 Å². The molecule has 0 aromatic rings. The molecule has 0 radical (unpaired) electrons. The molecule has 19 heavy (non-hydrogen) atoms. The van der Waals surface area contributed by atoms with Crippen LogP contribution in [0.25, 0.3) is 0 Å². The van der Waals surface area contributed by atoms with E-state index in [-0.39, 0.29) is 13.0 Å². The van der Waals surface area contributed by atoms with Crippen molar-refractivity contribution in [3.05, 3.63) is 0 Å². The monoisotopic (exact) mass is 295 g/mol. The summed E-state index contributed by atoms with van der Waals surface area (Å²) < 4.78 is 87.9. The molecule has 1 saturated heterocycles. The van der Waals surface area contributed by atoms with Crippen molar-refractivity contribution in [3.8, 4) is 0 Å². The van der Waals surface area contributed by atoms with Crippen molar-refractivity contribution in [2.24, 2.45) is 0 Å². The molecule has 0 aromatic heterocycles. The van der Waals surface area contributed by atoms with E-state index in [1.54, 1.807) is 0 Å². The molecular formula is C11H16F7N. The second-order valence-corrected chi connectivity index (χ2v) is 5.23. The lowest BCUT2D eigenvalue weighted by molar-refractivity contribution is -0.187. The maximum atomic E-state index is 13.1. The minimum absolute atomic E-state index is 0.00463. The van der Waals surface area contributed by atoms with Gasteiger partial charge in [-0.25, -0.2) is 17.6 Å². The average molecular weight is 295 g/mol. The van der Waals surface area contributed by atoms with Gasteiger partial charge in [-0.3, -0.25) is 4.90 Å². The Morgan fingerprint density at radius 2 is 1.68 bits per heavy atom. The number of halogens is 7. The summed E-state index contributed by atoms with van der Waals surface area (Å²) in [7, 11) is 0. The van der Waals surface area contributed by atoms with Crippen LogP contribution in [0.15, 0.2) is 0 Å². The molecular weight excluding hydrogens is 279 g/mol. The fourth-order valence-electron chi connectivity index (χ4n) is 2.51. The summed E-state index contributed by atoms with van der Waals surface area (Å²) in [5.41, 5.74) is -1.55. The van der Waals surface area contributed by atoms with Crippen molar-refractivity contribution in [2.45, 2.75) is 56.7 Å². The molecule has 0 bridgehead atoms. The second kappa shape index (κ2) is 5.46. The zero-order valence-corrected chi connectivity index (χ0v) is 10.4. The predicted molar refractivity (Wildman–Crippen MR) is 55.5 cm³/mol. The smallest absolute Gasteiger partial charge is 0.289 e. The number of alkyl halides is 7. The molecule has 1 unspecified atom stereocenters. The van der Waals surface area contributed by atoms with Crippen LogP contribution < -0.4 is 0 Å². The van der Waals surface area contributed by atoms with Gasteiger partial charge < -0.3 is 0 Å². The molecule has 0 N–H and O–H groups in total. The first-order chi connectivity index (χ1) is 8.46. The SMILES string of the molecule is CC1(CC(F)(F)C(F)F)CCCCN1CC(F)(F)F. The Morgan fingerprint density at radius 3 is 2.16 bits per heavy atom. The van der Waals surface area contributed by atoms with Gasteiger partial charge in [0.05, 0.1) is 6.54 Å². The zero-order chi connectivity index (χ0) is 14.9. The molecule has 1 heterocycles. The van der Waals surface area contributed by atoms with Crippen LogP contribution in [-0.2, 0) is 0 Å². The number of nitrogens with zero attached hydrogens (tertiary/aromatic N) is 1. The number of hydrogen-bond acceptors (Lipinski definition) is 1. The van der Waals surface area contributed by atoms with Gasteiger partial charge in [0, 0.05) is 12.0 Å². The summed E-state index contributed by atoms with van der Waals surface area (Å²) >= 11 is 0. The van der Waals surface area contributed by atoms with Gasteiger partial charge in [0.2, 0.25) is 0 Å². The summed E-state index contributed by atoms with van der Waals surface area (Å²) in [6.07, 6.45) is -8.67. The number of hydrogen-bond donors (Lipinski definition) is 0. The van der Waals surface area contributed by atoms with Gasteiger partial charge in [0.15, 0.2) is 0 Å². The molecule has 0 aromatic carbocycles. The fourth-order valence-corrected chi connectivity index (χ4v) is 2.51. The molecule has 1 fully saturated rings. The highest BCUT2D eigenvalue weighted by Crippen LogP contribution is 2.40. The van der Waals surface area contributed by atoms with E-state index < -0.39 is 37.0 Å². The Bertz CT molecular complexity index is 302. The van der Waals surface area contributed by atoms with Gasteiger partial charge in [-0.1, -0.05) is 6.42 Å². The van der Waals surface area contributed by atoms with Gasteiger partial charge in [0.1, 0.15) is 0 Å². The summed E-state index contributed by atoms with van der Waals surface area (Å²) in [6, 6.07) is 0. The van der Waals surface area contributed by atoms with Crippen molar-refractivity contribution in [1.29, 1.82) is 0 Å². The Morgan fingerprint density at radius 1 is 1.11 bits per heavy atom. The lowest BCUT2D eigenvalue weighted by Gasteiger charge is -2.46. The molecule has 1 aliphatic rings. The van der Waals surface area contributed by atoms with E-state index in [1.807, 2.05) is 0 Å². The summed E-state index contributed by atoms with van der Waals surface area (Å²) in [6.45, 7) is -0.146. The van der Waals surface area contributed by atoms with Crippen molar-refractivity contribution in [2.75, 3.05) is 13.1 Å². The van der Waals surface area contributed by atoms with Crippen LogP contribution in [0.4, 0.5) is 30.7 Å². The molecule has 0 spiro atoms. The molecule has 0 amide bonds. The van der Waals surface area contributed by atoms with E-state index in [4.69, 9.17) is 0 Å². The number of likely N-dealkylation sites (tertiary alicyclic amines) is 1. The van der Waals surface area contributed by atoms with Gasteiger partial charge >= 0.3 is 18.5 Å². The van der Waals surface area contributed by atoms with Crippen molar-refractivity contribution in [3.63, 3.8) is 0 Å². The van der Waals surface area contributed by atoms with E-state index in [1.165, 1.54) is 6.92 Å².